The Hall–Kier alpha value is -4.99. The first-order valence-corrected chi connectivity index (χ1v) is 14.7. The molecule has 1 saturated heterocycles. The molecule has 0 radical (unpaired) electrons. The van der Waals surface area contributed by atoms with E-state index in [1.807, 2.05) is 32.0 Å². The molecule has 0 atom stereocenters. The highest BCUT2D eigenvalue weighted by molar-refractivity contribution is 8.15. The molecule has 2 heterocycles. The second-order valence-electron chi connectivity index (χ2n) is 9.93. The topological polar surface area (TPSA) is 111 Å². The summed E-state index contributed by atoms with van der Waals surface area (Å²) in [6.07, 6.45) is -2.03. The molecular formula is C30H25F5N6O4S. The highest BCUT2D eigenvalue weighted by Gasteiger charge is 2.32. The average molecular weight is 661 g/mol. The summed E-state index contributed by atoms with van der Waals surface area (Å²) in [4.78, 5) is 34.8. The Morgan fingerprint density at radius 2 is 1.80 bits per heavy atom. The van der Waals surface area contributed by atoms with Crippen molar-refractivity contribution in [1.29, 1.82) is 0 Å². The smallest absolute Gasteiger partial charge is 0.479 e. The Morgan fingerprint density at radius 1 is 1.09 bits per heavy atom. The maximum Gasteiger partial charge on any atom is 0.573 e. The fraction of sp³-hybridized carbons (Fsp3) is 0.233. The monoisotopic (exact) mass is 660 g/mol. The Kier molecular flexibility index (Phi) is 9.55. The Balaban J connectivity index is 1.24. The van der Waals surface area contributed by atoms with E-state index in [2.05, 4.69) is 25.1 Å². The quantitative estimate of drug-likeness (QED) is 0.194. The van der Waals surface area contributed by atoms with Gasteiger partial charge in [0.1, 0.15) is 18.7 Å². The molecule has 1 fully saturated rings. The minimum absolute atomic E-state index is 0.0199. The van der Waals surface area contributed by atoms with Gasteiger partial charge in [-0.05, 0) is 54.8 Å². The third kappa shape index (κ3) is 7.80. The second-order valence-corrected chi connectivity index (χ2v) is 10.9. The number of carbonyl (C=O) groups is 2. The molecule has 240 valence electrons. The van der Waals surface area contributed by atoms with Crippen molar-refractivity contribution in [2.45, 2.75) is 39.7 Å². The standard InChI is InChI=1S/C30H25F5N6O4S/c1-3-4-18-6-5-17(2)11-24(18)41-26(42)15-46-29(41)38-28(43)37-19-12-22(31)27(23(32)13-19)44-14-25-36-16-40(39-25)20-7-9-21(10-8-20)45-30(33,34)35/h5-13,16H,3-4,14-15H2,1-2H3,(H,37,43). The third-order valence-electron chi connectivity index (χ3n) is 6.43. The Bertz CT molecular complexity index is 1770. The number of aryl methyl sites for hydroxylation is 2. The number of amides is 3. The number of thioether (sulfide) groups is 1. The lowest BCUT2D eigenvalue weighted by molar-refractivity contribution is -0.274. The lowest BCUT2D eigenvalue weighted by atomic mass is 10.0. The van der Waals surface area contributed by atoms with Crippen molar-refractivity contribution in [2.75, 3.05) is 16.0 Å². The highest BCUT2D eigenvalue weighted by Crippen LogP contribution is 2.32. The second kappa shape index (κ2) is 13.6. The normalized spacial score (nSPS) is 14.2. The van der Waals surface area contributed by atoms with Crippen LogP contribution in [0, 0.1) is 18.6 Å². The van der Waals surface area contributed by atoms with Gasteiger partial charge in [0, 0.05) is 17.8 Å². The summed E-state index contributed by atoms with van der Waals surface area (Å²) in [7, 11) is 0. The SMILES string of the molecule is CCCc1ccc(C)cc1N1C(=O)CSC1=NC(=O)Nc1cc(F)c(OCc2ncn(-c3ccc(OC(F)(F)F)cc3)n2)c(F)c1. The van der Waals surface area contributed by atoms with E-state index in [1.165, 1.54) is 28.0 Å². The molecule has 0 saturated carbocycles. The fourth-order valence-electron chi connectivity index (χ4n) is 4.48. The number of ether oxygens (including phenoxy) is 2. The molecule has 1 N–H and O–H groups in total. The van der Waals surface area contributed by atoms with Gasteiger partial charge in [0.2, 0.25) is 5.91 Å². The number of aliphatic imine (C=N–C) groups is 1. The minimum Gasteiger partial charge on any atom is -0.479 e. The van der Waals surface area contributed by atoms with E-state index in [-0.39, 0.29) is 28.3 Å². The van der Waals surface area contributed by atoms with E-state index < -0.39 is 42.1 Å². The molecule has 1 aliphatic rings. The number of amidine groups is 1. The van der Waals surface area contributed by atoms with Crippen LogP contribution in [0.4, 0.5) is 38.1 Å². The van der Waals surface area contributed by atoms with Crippen molar-refractivity contribution in [1.82, 2.24) is 14.8 Å². The molecule has 16 heteroatoms. The number of hydrogen-bond donors (Lipinski definition) is 1. The van der Waals surface area contributed by atoms with Gasteiger partial charge in [-0.15, -0.1) is 18.3 Å². The predicted molar refractivity (Wildman–Crippen MR) is 160 cm³/mol. The zero-order valence-corrected chi connectivity index (χ0v) is 25.1. The molecule has 0 spiro atoms. The maximum absolute atomic E-state index is 14.8. The predicted octanol–water partition coefficient (Wildman–Crippen LogP) is 6.95. The van der Waals surface area contributed by atoms with Gasteiger partial charge in [-0.3, -0.25) is 9.69 Å². The van der Waals surface area contributed by atoms with Crippen LogP contribution in [0.15, 0.2) is 65.9 Å². The number of aromatic nitrogens is 3. The first-order chi connectivity index (χ1) is 21.9. The van der Waals surface area contributed by atoms with Gasteiger partial charge in [0.15, 0.2) is 28.4 Å². The van der Waals surface area contributed by atoms with Crippen molar-refractivity contribution in [3.63, 3.8) is 0 Å². The summed E-state index contributed by atoms with van der Waals surface area (Å²) in [5.41, 5.74) is 2.59. The van der Waals surface area contributed by atoms with Crippen molar-refractivity contribution < 1.29 is 41.0 Å². The van der Waals surface area contributed by atoms with Gasteiger partial charge in [0.05, 0.1) is 17.1 Å². The summed E-state index contributed by atoms with van der Waals surface area (Å²) in [5.74, 6) is -3.57. The van der Waals surface area contributed by atoms with E-state index in [0.29, 0.717) is 17.8 Å². The van der Waals surface area contributed by atoms with Crippen molar-refractivity contribution in [3.05, 3.63) is 89.5 Å². The van der Waals surface area contributed by atoms with Crippen molar-refractivity contribution in [2.24, 2.45) is 4.99 Å². The number of carbonyl (C=O) groups excluding carboxylic acids is 2. The van der Waals surface area contributed by atoms with Gasteiger partial charge in [0.25, 0.3) is 0 Å². The number of benzene rings is 3. The number of rotatable bonds is 9. The van der Waals surface area contributed by atoms with Gasteiger partial charge in [-0.1, -0.05) is 37.2 Å². The first kappa shape index (κ1) is 32.4. The van der Waals surface area contributed by atoms with Crippen molar-refractivity contribution in [3.8, 4) is 17.2 Å². The summed E-state index contributed by atoms with van der Waals surface area (Å²) < 4.78 is 77.1. The van der Waals surface area contributed by atoms with E-state index in [1.54, 1.807) is 0 Å². The summed E-state index contributed by atoms with van der Waals surface area (Å²) in [6.45, 7) is 3.45. The van der Waals surface area contributed by atoms with Gasteiger partial charge >= 0.3 is 12.4 Å². The number of nitrogens with one attached hydrogen (secondary N) is 1. The molecule has 0 bridgehead atoms. The number of halogens is 5. The summed E-state index contributed by atoms with van der Waals surface area (Å²) in [5, 5.41) is 6.55. The highest BCUT2D eigenvalue weighted by atomic mass is 32.2. The molecular weight excluding hydrogens is 635 g/mol. The summed E-state index contributed by atoms with van der Waals surface area (Å²) in [6, 6.07) is 11.3. The summed E-state index contributed by atoms with van der Waals surface area (Å²) >= 11 is 1.08. The molecule has 3 amide bonds. The molecule has 10 nitrogen and oxygen atoms in total. The Morgan fingerprint density at radius 3 is 2.48 bits per heavy atom. The molecule has 3 aromatic carbocycles. The number of nitrogens with zero attached hydrogens (tertiary/aromatic N) is 5. The van der Waals surface area contributed by atoms with Gasteiger partial charge in [-0.2, -0.15) is 4.99 Å². The zero-order valence-electron chi connectivity index (χ0n) is 24.3. The van der Waals surface area contributed by atoms with Crippen LogP contribution in [-0.2, 0) is 17.8 Å². The lowest BCUT2D eigenvalue weighted by Crippen LogP contribution is -2.31. The van der Waals surface area contributed by atoms with Crippen LogP contribution in [0.3, 0.4) is 0 Å². The van der Waals surface area contributed by atoms with E-state index in [9.17, 15) is 31.5 Å². The van der Waals surface area contributed by atoms with Crippen LogP contribution in [0.5, 0.6) is 11.5 Å². The van der Waals surface area contributed by atoms with Crippen LogP contribution in [0.1, 0.15) is 30.3 Å². The number of urea groups is 1. The molecule has 0 unspecified atom stereocenters. The molecule has 46 heavy (non-hydrogen) atoms. The first-order valence-electron chi connectivity index (χ1n) is 13.7. The average Bonchev–Trinajstić information content (AvgIpc) is 3.59. The number of anilines is 2. The van der Waals surface area contributed by atoms with Crippen LogP contribution in [0.2, 0.25) is 0 Å². The van der Waals surface area contributed by atoms with Crippen molar-refractivity contribution >= 4 is 40.2 Å². The number of alkyl halides is 3. The molecule has 5 rings (SSSR count). The lowest BCUT2D eigenvalue weighted by Gasteiger charge is -2.20. The van der Waals surface area contributed by atoms with Crippen LogP contribution in [0.25, 0.3) is 5.69 Å². The third-order valence-corrected chi connectivity index (χ3v) is 7.36. The maximum atomic E-state index is 14.8. The van der Waals surface area contributed by atoms with E-state index in [0.717, 1.165) is 53.6 Å². The van der Waals surface area contributed by atoms with E-state index >= 15 is 0 Å². The molecule has 0 aliphatic carbocycles. The zero-order chi connectivity index (χ0) is 33.0. The number of hydrogen-bond acceptors (Lipinski definition) is 7. The van der Waals surface area contributed by atoms with Gasteiger partial charge in [-0.25, -0.2) is 23.2 Å². The van der Waals surface area contributed by atoms with E-state index in [4.69, 9.17) is 4.74 Å². The Labute approximate surface area is 263 Å². The largest absolute Gasteiger partial charge is 0.573 e. The molecule has 4 aromatic rings. The molecule has 1 aromatic heterocycles. The fourth-order valence-corrected chi connectivity index (χ4v) is 5.34. The van der Waals surface area contributed by atoms with Crippen LogP contribution >= 0.6 is 11.8 Å². The minimum atomic E-state index is -4.83. The van der Waals surface area contributed by atoms with Gasteiger partial charge < -0.3 is 14.8 Å². The van der Waals surface area contributed by atoms with Crippen LogP contribution in [-0.4, -0.2) is 44.0 Å². The molecule has 1 aliphatic heterocycles. The van der Waals surface area contributed by atoms with Crippen LogP contribution < -0.4 is 19.7 Å².